The number of phenols is 1. The number of anilines is 1. The zero-order valence-electron chi connectivity index (χ0n) is 24.0. The van der Waals surface area contributed by atoms with Gasteiger partial charge in [0.15, 0.2) is 17.1 Å². The second kappa shape index (κ2) is 9.97. The Hall–Kier alpha value is -5.08. The number of imide groups is 1. The number of carbonyl (C=O) groups is 4. The molecule has 4 aromatic rings. The molecule has 9 heteroatoms. The molecule has 0 bridgehead atoms. The van der Waals surface area contributed by atoms with Gasteiger partial charge in [0.05, 0.1) is 17.5 Å². The van der Waals surface area contributed by atoms with Crippen LogP contribution in [-0.4, -0.2) is 33.5 Å². The van der Waals surface area contributed by atoms with Crippen LogP contribution in [-0.2, 0) is 19.2 Å². The fourth-order valence-corrected chi connectivity index (χ4v) is 7.68. The monoisotopic (exact) mass is 616 g/mol. The average molecular weight is 617 g/mol. The number of amides is 2. The molecular weight excluding hydrogens is 592 g/mol. The van der Waals surface area contributed by atoms with Crippen molar-refractivity contribution in [1.29, 1.82) is 0 Å². The van der Waals surface area contributed by atoms with Gasteiger partial charge in [-0.25, -0.2) is 4.98 Å². The summed E-state index contributed by atoms with van der Waals surface area (Å²) < 4.78 is 5.88. The third-order valence-corrected chi connectivity index (χ3v) is 9.76. The van der Waals surface area contributed by atoms with Crippen LogP contribution >= 0.6 is 11.6 Å². The van der Waals surface area contributed by atoms with Crippen LogP contribution in [0.1, 0.15) is 31.2 Å². The summed E-state index contributed by atoms with van der Waals surface area (Å²) in [6, 6.07) is 19.0. The number of rotatable bonds is 3. The Balaban J connectivity index is 1.17. The van der Waals surface area contributed by atoms with Gasteiger partial charge in [0.2, 0.25) is 17.7 Å². The lowest BCUT2D eigenvalue weighted by molar-refractivity contribution is -0.123. The first-order valence-electron chi connectivity index (χ1n) is 14.7. The number of phenolic OH excluding ortho intramolecular Hbond substituents is 1. The topological polar surface area (TPSA) is 118 Å². The smallest absolute Gasteiger partial charge is 0.238 e. The van der Waals surface area contributed by atoms with E-state index in [-0.39, 0.29) is 42.0 Å². The molecule has 0 unspecified atom stereocenters. The Kier molecular flexibility index (Phi) is 6.09. The van der Waals surface area contributed by atoms with Gasteiger partial charge in [-0.3, -0.25) is 24.1 Å². The molecule has 3 aromatic carbocycles. The highest BCUT2D eigenvalue weighted by molar-refractivity contribution is 6.30. The summed E-state index contributed by atoms with van der Waals surface area (Å²) in [4.78, 5) is 60.7. The maximum Gasteiger partial charge on any atom is 0.238 e. The fraction of sp³-hybridized carbons (Fsp3) is 0.194. The van der Waals surface area contributed by atoms with Gasteiger partial charge in [-0.15, -0.1) is 0 Å². The molecule has 3 aliphatic carbocycles. The van der Waals surface area contributed by atoms with Crippen LogP contribution in [0.3, 0.4) is 0 Å². The predicted molar refractivity (Wildman–Crippen MR) is 166 cm³/mol. The maximum absolute atomic E-state index is 14.2. The standard InChI is InChI=1S/C36H25ClN2O6/c1-17-14-28(41)32-25(33(17)42)16-23-21(30(32)24-15-19(37)8-13-27(24)40)11-12-22-31(23)36(44)39(35(22)43)20-9-6-18(7-10-20)34-38-26-4-2-3-5-29(26)45-34/h2-11,13-15,22-23,30-31,40H,12,16H2,1H3/t22-,23+,30+,31-/m0/s1. The van der Waals surface area contributed by atoms with Crippen molar-refractivity contribution in [2.75, 3.05) is 4.90 Å². The summed E-state index contributed by atoms with van der Waals surface area (Å²) in [5.74, 6) is -3.51. The van der Waals surface area contributed by atoms with Crippen LogP contribution in [0.15, 0.2) is 106 Å². The van der Waals surface area contributed by atoms with Crippen molar-refractivity contribution in [2.45, 2.75) is 25.7 Å². The molecule has 4 atom stereocenters. The van der Waals surface area contributed by atoms with Gasteiger partial charge in [-0.05, 0) is 86.4 Å². The van der Waals surface area contributed by atoms with Gasteiger partial charge in [0.1, 0.15) is 11.3 Å². The number of allylic oxidation sites excluding steroid dienone is 6. The first kappa shape index (κ1) is 27.5. The molecule has 0 radical (unpaired) electrons. The van der Waals surface area contributed by atoms with Crippen molar-refractivity contribution in [3.63, 3.8) is 0 Å². The number of benzene rings is 3. The van der Waals surface area contributed by atoms with Crippen LogP contribution in [0.25, 0.3) is 22.6 Å². The van der Waals surface area contributed by atoms with E-state index in [0.717, 1.165) is 11.1 Å². The molecule has 4 aliphatic rings. The van der Waals surface area contributed by atoms with E-state index in [1.165, 1.54) is 17.0 Å². The second-order valence-electron chi connectivity index (χ2n) is 12.0. The van der Waals surface area contributed by atoms with E-state index in [1.807, 2.05) is 30.3 Å². The Bertz CT molecular complexity index is 2070. The number of ketones is 2. The SMILES string of the molecule is CC1=CC(=O)C2=C(C[C@@H]3C(=CC[C@@H]4C(=O)N(c5ccc(-c6nc7ccccc7o6)cc5)C(=O)[C@@H]43)[C@@H]2c2cc(Cl)ccc2O)C1=O. The van der Waals surface area contributed by atoms with Crippen molar-refractivity contribution in [1.82, 2.24) is 4.98 Å². The number of fused-ring (bicyclic) bond motifs is 4. The molecule has 1 fully saturated rings. The van der Waals surface area contributed by atoms with Gasteiger partial charge >= 0.3 is 0 Å². The van der Waals surface area contributed by atoms with Crippen molar-refractivity contribution in [2.24, 2.45) is 17.8 Å². The minimum atomic E-state index is -0.772. The molecule has 222 valence electrons. The molecular formula is C36H25ClN2O6. The van der Waals surface area contributed by atoms with Gasteiger partial charge in [-0.2, -0.15) is 0 Å². The molecule has 0 saturated carbocycles. The third kappa shape index (κ3) is 4.09. The first-order chi connectivity index (χ1) is 21.7. The molecule has 8 rings (SSSR count). The van der Waals surface area contributed by atoms with Crippen molar-refractivity contribution in [3.8, 4) is 17.2 Å². The van der Waals surface area contributed by atoms with Gasteiger partial charge < -0.3 is 9.52 Å². The summed E-state index contributed by atoms with van der Waals surface area (Å²) in [7, 11) is 0. The van der Waals surface area contributed by atoms with E-state index in [4.69, 9.17) is 16.0 Å². The highest BCUT2D eigenvalue weighted by atomic mass is 35.5. The quantitative estimate of drug-likeness (QED) is 0.159. The minimum absolute atomic E-state index is 0.0686. The number of para-hydroxylation sites is 2. The second-order valence-corrected chi connectivity index (χ2v) is 12.4. The number of oxazole rings is 1. The van der Waals surface area contributed by atoms with E-state index in [0.29, 0.717) is 50.0 Å². The van der Waals surface area contributed by atoms with E-state index in [1.54, 1.807) is 43.3 Å². The van der Waals surface area contributed by atoms with E-state index < -0.39 is 23.7 Å². The van der Waals surface area contributed by atoms with Gasteiger partial charge in [-0.1, -0.05) is 35.4 Å². The van der Waals surface area contributed by atoms with Crippen LogP contribution in [0.5, 0.6) is 5.75 Å². The molecule has 1 aliphatic heterocycles. The number of Topliss-reactive ketones (excluding diaryl/α,β-unsaturated/α-hetero) is 1. The number of aromatic nitrogens is 1. The predicted octanol–water partition coefficient (Wildman–Crippen LogP) is 6.49. The number of nitrogens with zero attached hydrogens (tertiary/aromatic N) is 2. The van der Waals surface area contributed by atoms with Crippen LogP contribution < -0.4 is 4.90 Å². The molecule has 8 nitrogen and oxygen atoms in total. The number of halogens is 1. The Morgan fingerprint density at radius 3 is 2.51 bits per heavy atom. The lowest BCUT2D eigenvalue weighted by Gasteiger charge is -2.42. The normalized spacial score (nSPS) is 24.4. The molecule has 1 saturated heterocycles. The molecule has 2 heterocycles. The summed E-state index contributed by atoms with van der Waals surface area (Å²) in [5.41, 5.74) is 4.61. The van der Waals surface area contributed by atoms with Crippen molar-refractivity contribution < 1.29 is 28.7 Å². The number of carbonyl (C=O) groups excluding carboxylic acids is 4. The maximum atomic E-state index is 14.2. The lowest BCUT2D eigenvalue weighted by atomic mass is 9.59. The fourth-order valence-electron chi connectivity index (χ4n) is 7.50. The largest absolute Gasteiger partial charge is 0.508 e. The Labute approximate surface area is 262 Å². The highest BCUT2D eigenvalue weighted by Gasteiger charge is 2.56. The van der Waals surface area contributed by atoms with Crippen molar-refractivity contribution in [3.05, 3.63) is 112 Å². The summed E-state index contributed by atoms with van der Waals surface area (Å²) in [6.45, 7) is 1.60. The van der Waals surface area contributed by atoms with E-state index in [2.05, 4.69) is 4.98 Å². The molecule has 1 N–H and O–H groups in total. The number of hydrogen-bond acceptors (Lipinski definition) is 7. The summed E-state index contributed by atoms with van der Waals surface area (Å²) in [5, 5.41) is 11.3. The third-order valence-electron chi connectivity index (χ3n) is 9.53. The zero-order valence-corrected chi connectivity index (χ0v) is 24.7. The van der Waals surface area contributed by atoms with E-state index >= 15 is 0 Å². The average Bonchev–Trinajstić information content (AvgIpc) is 3.58. The van der Waals surface area contributed by atoms with E-state index in [9.17, 15) is 24.3 Å². The Morgan fingerprint density at radius 2 is 1.73 bits per heavy atom. The lowest BCUT2D eigenvalue weighted by Crippen LogP contribution is -2.39. The first-order valence-corrected chi connectivity index (χ1v) is 15.1. The number of hydrogen-bond donors (Lipinski definition) is 1. The zero-order chi connectivity index (χ0) is 31.1. The molecule has 1 aromatic heterocycles. The van der Waals surface area contributed by atoms with Crippen molar-refractivity contribution >= 4 is 51.8 Å². The van der Waals surface area contributed by atoms with Crippen LogP contribution in [0, 0.1) is 17.8 Å². The minimum Gasteiger partial charge on any atom is -0.508 e. The Morgan fingerprint density at radius 1 is 0.956 bits per heavy atom. The summed E-state index contributed by atoms with van der Waals surface area (Å²) in [6.07, 6.45) is 3.68. The van der Waals surface area contributed by atoms with Gasteiger partial charge in [0.25, 0.3) is 0 Å². The van der Waals surface area contributed by atoms with Crippen LogP contribution in [0.4, 0.5) is 5.69 Å². The van der Waals surface area contributed by atoms with Gasteiger partial charge in [0, 0.05) is 38.8 Å². The van der Waals surface area contributed by atoms with Crippen LogP contribution in [0.2, 0.25) is 5.02 Å². The molecule has 45 heavy (non-hydrogen) atoms. The summed E-state index contributed by atoms with van der Waals surface area (Å²) >= 11 is 6.34. The highest BCUT2D eigenvalue weighted by Crippen LogP contribution is 2.56. The number of aromatic hydroxyl groups is 1. The molecule has 0 spiro atoms. The molecule has 2 amide bonds.